The van der Waals surface area contributed by atoms with Crippen LogP contribution in [0.4, 0.5) is 5.69 Å². The van der Waals surface area contributed by atoms with Gasteiger partial charge in [-0.2, -0.15) is 0 Å². The number of nitrogens with one attached hydrogen (secondary N) is 1. The maximum Gasteiger partial charge on any atom is 0.241 e. The number of nitrogen functional groups attached to an aromatic ring is 1. The number of rotatable bonds is 6. The molecule has 0 bridgehead atoms. The van der Waals surface area contributed by atoms with Gasteiger partial charge in [-0.05, 0) is 46.0 Å². The first kappa shape index (κ1) is 16.4. The Kier molecular flexibility index (Phi) is 5.37. The van der Waals surface area contributed by atoms with E-state index in [4.69, 9.17) is 10.8 Å². The van der Waals surface area contributed by atoms with Gasteiger partial charge in [-0.1, -0.05) is 13.8 Å². The number of hydrogen-bond acceptors (Lipinski definition) is 4. The van der Waals surface area contributed by atoms with E-state index in [9.17, 15) is 8.42 Å². The zero-order valence-electron chi connectivity index (χ0n) is 11.0. The average Bonchev–Trinajstić information content (AvgIpc) is 2.26. The summed E-state index contributed by atoms with van der Waals surface area (Å²) < 4.78 is 27.3. The maximum absolute atomic E-state index is 12.2. The van der Waals surface area contributed by atoms with Crippen molar-refractivity contribution in [3.05, 3.63) is 22.7 Å². The molecule has 1 aromatic rings. The molecule has 0 spiro atoms. The van der Waals surface area contributed by atoms with Gasteiger partial charge in [0.05, 0.1) is 4.90 Å². The Morgan fingerprint density at radius 3 is 2.58 bits per heavy atom. The summed E-state index contributed by atoms with van der Waals surface area (Å²) in [6.07, 6.45) is 0.526. The van der Waals surface area contributed by atoms with Crippen molar-refractivity contribution in [3.63, 3.8) is 0 Å². The van der Waals surface area contributed by atoms with Crippen LogP contribution in [-0.2, 0) is 10.0 Å². The number of aliphatic hydroxyl groups is 1. The zero-order valence-corrected chi connectivity index (χ0v) is 13.4. The van der Waals surface area contributed by atoms with Crippen LogP contribution < -0.4 is 10.5 Å². The Morgan fingerprint density at radius 1 is 1.42 bits per heavy atom. The number of hydrogen-bond donors (Lipinski definition) is 3. The second kappa shape index (κ2) is 6.21. The van der Waals surface area contributed by atoms with Gasteiger partial charge in [-0.15, -0.1) is 0 Å². The van der Waals surface area contributed by atoms with Crippen molar-refractivity contribution < 1.29 is 13.5 Å². The molecule has 1 rings (SSSR count). The number of sulfonamides is 1. The van der Waals surface area contributed by atoms with Crippen molar-refractivity contribution in [3.8, 4) is 0 Å². The predicted molar refractivity (Wildman–Crippen MR) is 79.2 cm³/mol. The Bertz CT molecular complexity index is 544. The fourth-order valence-electron chi connectivity index (χ4n) is 1.49. The highest BCUT2D eigenvalue weighted by atomic mass is 79.9. The molecule has 0 amide bonds. The fraction of sp³-hybridized carbons (Fsp3) is 0.500. The first-order valence-electron chi connectivity index (χ1n) is 5.83. The van der Waals surface area contributed by atoms with Crippen molar-refractivity contribution in [2.75, 3.05) is 18.9 Å². The summed E-state index contributed by atoms with van der Waals surface area (Å²) in [4.78, 5) is 0.154. The zero-order chi connectivity index (χ0) is 14.7. The van der Waals surface area contributed by atoms with E-state index < -0.39 is 10.0 Å². The fourth-order valence-corrected chi connectivity index (χ4v) is 3.83. The standard InChI is InChI=1S/C12H19BrN2O3S/c1-12(2,5-6-16)8-15-19(17,18)11-4-3-9(14)7-10(11)13/h3-4,7,15-16H,5-6,8,14H2,1-2H3. The number of halogens is 1. The highest BCUT2D eigenvalue weighted by Gasteiger charge is 2.23. The maximum atomic E-state index is 12.2. The minimum atomic E-state index is -3.59. The van der Waals surface area contributed by atoms with Gasteiger partial charge >= 0.3 is 0 Å². The summed E-state index contributed by atoms with van der Waals surface area (Å²) >= 11 is 3.19. The van der Waals surface area contributed by atoms with E-state index in [2.05, 4.69) is 20.7 Å². The van der Waals surface area contributed by atoms with Gasteiger partial charge in [-0.3, -0.25) is 0 Å². The summed E-state index contributed by atoms with van der Waals surface area (Å²) in [6, 6.07) is 4.55. The number of nitrogens with two attached hydrogens (primary N) is 1. The Hall–Kier alpha value is -0.630. The van der Waals surface area contributed by atoms with Crippen LogP contribution in [0.3, 0.4) is 0 Å². The van der Waals surface area contributed by atoms with Crippen molar-refractivity contribution in [2.24, 2.45) is 5.41 Å². The van der Waals surface area contributed by atoms with Crippen LogP contribution in [0.15, 0.2) is 27.6 Å². The third kappa shape index (κ3) is 4.76. The number of aliphatic hydroxyl groups excluding tert-OH is 1. The van der Waals surface area contributed by atoms with Crippen LogP contribution >= 0.6 is 15.9 Å². The first-order valence-corrected chi connectivity index (χ1v) is 8.11. The molecule has 0 aromatic heterocycles. The van der Waals surface area contributed by atoms with Crippen molar-refractivity contribution >= 4 is 31.6 Å². The molecule has 108 valence electrons. The molecule has 5 nitrogen and oxygen atoms in total. The lowest BCUT2D eigenvalue weighted by Crippen LogP contribution is -2.34. The molecule has 0 fully saturated rings. The van der Waals surface area contributed by atoms with Gasteiger partial charge in [0, 0.05) is 23.3 Å². The van der Waals surface area contributed by atoms with Gasteiger partial charge in [0.1, 0.15) is 0 Å². The predicted octanol–water partition coefficient (Wildman–Crippen LogP) is 1.72. The van der Waals surface area contributed by atoms with E-state index in [1.165, 1.54) is 12.1 Å². The summed E-state index contributed by atoms with van der Waals surface area (Å²) in [5, 5.41) is 8.92. The Balaban J connectivity index is 2.87. The van der Waals surface area contributed by atoms with Gasteiger partial charge < -0.3 is 10.8 Å². The minimum Gasteiger partial charge on any atom is -0.399 e. The van der Waals surface area contributed by atoms with Crippen molar-refractivity contribution in [2.45, 2.75) is 25.2 Å². The highest BCUT2D eigenvalue weighted by molar-refractivity contribution is 9.10. The molecule has 0 radical (unpaired) electrons. The second-order valence-corrected chi connectivity index (χ2v) is 7.74. The molecular formula is C12H19BrN2O3S. The monoisotopic (exact) mass is 350 g/mol. The molecule has 0 saturated carbocycles. The lowest BCUT2D eigenvalue weighted by atomic mass is 9.90. The van der Waals surface area contributed by atoms with Crippen LogP contribution in [0.5, 0.6) is 0 Å². The third-order valence-electron chi connectivity index (χ3n) is 2.77. The molecule has 7 heteroatoms. The summed E-state index contributed by atoms with van der Waals surface area (Å²) in [5.74, 6) is 0. The van der Waals surface area contributed by atoms with Crippen LogP contribution in [0.25, 0.3) is 0 Å². The molecule has 4 N–H and O–H groups in total. The van der Waals surface area contributed by atoms with E-state index in [-0.39, 0.29) is 23.5 Å². The quantitative estimate of drug-likeness (QED) is 0.681. The number of benzene rings is 1. The third-order valence-corrected chi connectivity index (χ3v) is 5.15. The van der Waals surface area contributed by atoms with E-state index in [0.717, 1.165) is 0 Å². The normalized spacial score (nSPS) is 12.6. The second-order valence-electron chi connectivity index (χ2n) is 5.15. The van der Waals surface area contributed by atoms with E-state index in [0.29, 0.717) is 16.6 Å². The Labute approximate surface area is 122 Å². The van der Waals surface area contributed by atoms with E-state index in [1.54, 1.807) is 6.07 Å². The lowest BCUT2D eigenvalue weighted by Gasteiger charge is -2.23. The van der Waals surface area contributed by atoms with Gasteiger partial charge in [-0.25, -0.2) is 13.1 Å². The smallest absolute Gasteiger partial charge is 0.241 e. The topological polar surface area (TPSA) is 92.4 Å². The molecule has 0 saturated heterocycles. The molecule has 0 atom stereocenters. The van der Waals surface area contributed by atoms with Crippen molar-refractivity contribution in [1.29, 1.82) is 0 Å². The van der Waals surface area contributed by atoms with Gasteiger partial charge in [0.15, 0.2) is 0 Å². The highest BCUT2D eigenvalue weighted by Crippen LogP contribution is 2.25. The first-order chi connectivity index (χ1) is 8.68. The molecule has 0 heterocycles. The summed E-state index contributed by atoms with van der Waals surface area (Å²) in [7, 11) is -3.59. The molecule has 0 aliphatic heterocycles. The van der Waals surface area contributed by atoms with Gasteiger partial charge in [0.25, 0.3) is 0 Å². The average molecular weight is 351 g/mol. The Morgan fingerprint density at radius 2 is 2.05 bits per heavy atom. The molecule has 19 heavy (non-hydrogen) atoms. The molecular weight excluding hydrogens is 332 g/mol. The molecule has 0 aliphatic carbocycles. The largest absolute Gasteiger partial charge is 0.399 e. The van der Waals surface area contributed by atoms with Gasteiger partial charge in [0.2, 0.25) is 10.0 Å². The molecule has 0 unspecified atom stereocenters. The molecule has 1 aromatic carbocycles. The van der Waals surface area contributed by atoms with Crippen molar-refractivity contribution in [1.82, 2.24) is 4.72 Å². The van der Waals surface area contributed by atoms with Crippen LogP contribution in [0, 0.1) is 5.41 Å². The molecule has 0 aliphatic rings. The van der Waals surface area contributed by atoms with Crippen LogP contribution in [0.1, 0.15) is 20.3 Å². The van der Waals surface area contributed by atoms with E-state index >= 15 is 0 Å². The summed E-state index contributed by atoms with van der Waals surface area (Å²) in [5.41, 5.74) is 5.77. The lowest BCUT2D eigenvalue weighted by molar-refractivity contribution is 0.213. The van der Waals surface area contributed by atoms with Crippen LogP contribution in [0.2, 0.25) is 0 Å². The SMILES string of the molecule is CC(C)(CCO)CNS(=O)(=O)c1ccc(N)cc1Br. The number of anilines is 1. The minimum absolute atomic E-state index is 0.0281. The van der Waals surface area contributed by atoms with Crippen LogP contribution in [-0.4, -0.2) is 26.7 Å². The van der Waals surface area contributed by atoms with E-state index in [1.807, 2.05) is 13.8 Å². The summed E-state index contributed by atoms with van der Waals surface area (Å²) in [6.45, 7) is 4.07.